The van der Waals surface area contributed by atoms with Gasteiger partial charge in [0, 0.05) is 22.6 Å². The van der Waals surface area contributed by atoms with E-state index < -0.39 is 24.2 Å². The summed E-state index contributed by atoms with van der Waals surface area (Å²) >= 11 is 17.6. The van der Waals surface area contributed by atoms with Crippen molar-refractivity contribution in [3.05, 3.63) is 63.1 Å². The van der Waals surface area contributed by atoms with Gasteiger partial charge in [-0.2, -0.15) is 0 Å². The number of nitrogens with one attached hydrogen (secondary N) is 1. The SMILES string of the molecule is O=C([O-])C[C@@H](Cc1ccc(Cl)cc1)C(=O)Nc1ccc(Cl)c(Cl)c1. The molecule has 0 aliphatic heterocycles. The molecule has 0 heterocycles. The first kappa shape index (κ1) is 18.6. The highest BCUT2D eigenvalue weighted by atomic mass is 35.5. The van der Waals surface area contributed by atoms with Crippen LogP contribution in [0, 0.1) is 5.92 Å². The molecular weight excluding hydrogens is 373 g/mol. The molecule has 24 heavy (non-hydrogen) atoms. The van der Waals surface area contributed by atoms with Gasteiger partial charge in [0.05, 0.1) is 10.0 Å². The smallest absolute Gasteiger partial charge is 0.228 e. The standard InChI is InChI=1S/C17H14Cl3NO3/c18-12-3-1-10(2-4-12)7-11(8-16(22)23)17(24)21-13-5-6-14(19)15(20)9-13/h1-6,9,11H,7-8H2,(H,21,24)(H,22,23)/p-1/t11-/m1/s1. The average Bonchev–Trinajstić information content (AvgIpc) is 2.52. The number of hydrogen-bond acceptors (Lipinski definition) is 3. The van der Waals surface area contributed by atoms with E-state index in [0.717, 1.165) is 5.56 Å². The number of amides is 1. The Morgan fingerprint density at radius 3 is 2.25 bits per heavy atom. The topological polar surface area (TPSA) is 69.2 Å². The van der Waals surface area contributed by atoms with Gasteiger partial charge >= 0.3 is 0 Å². The second kappa shape index (κ2) is 8.38. The molecule has 2 aromatic rings. The zero-order valence-corrected chi connectivity index (χ0v) is 14.7. The third kappa shape index (κ3) is 5.41. The van der Waals surface area contributed by atoms with Gasteiger partial charge in [-0.15, -0.1) is 0 Å². The Hall–Kier alpha value is -1.75. The molecule has 0 aliphatic rings. The van der Waals surface area contributed by atoms with E-state index in [1.807, 2.05) is 0 Å². The van der Waals surface area contributed by atoms with Crippen molar-refractivity contribution in [1.29, 1.82) is 0 Å². The summed E-state index contributed by atoms with van der Waals surface area (Å²) in [6.07, 6.45) is -0.145. The van der Waals surface area contributed by atoms with E-state index in [4.69, 9.17) is 34.8 Å². The highest BCUT2D eigenvalue weighted by Gasteiger charge is 2.20. The van der Waals surface area contributed by atoms with Gasteiger partial charge in [-0.25, -0.2) is 0 Å². The molecule has 0 unspecified atom stereocenters. The fraction of sp³-hybridized carbons (Fsp3) is 0.176. The van der Waals surface area contributed by atoms with Crippen molar-refractivity contribution in [2.24, 2.45) is 5.92 Å². The van der Waals surface area contributed by atoms with E-state index in [-0.39, 0.29) is 6.42 Å². The number of anilines is 1. The Balaban J connectivity index is 2.13. The maximum absolute atomic E-state index is 12.4. The number of halogens is 3. The number of carboxylic acids is 1. The Kier molecular flexibility index (Phi) is 6.49. The molecule has 0 bridgehead atoms. The van der Waals surface area contributed by atoms with Crippen LogP contribution >= 0.6 is 34.8 Å². The molecule has 4 nitrogen and oxygen atoms in total. The van der Waals surface area contributed by atoms with Crippen molar-refractivity contribution in [1.82, 2.24) is 0 Å². The molecule has 1 atom stereocenters. The van der Waals surface area contributed by atoms with Gasteiger partial charge in [0.25, 0.3) is 0 Å². The molecule has 0 radical (unpaired) electrons. The van der Waals surface area contributed by atoms with Crippen LogP contribution in [0.3, 0.4) is 0 Å². The summed E-state index contributed by atoms with van der Waals surface area (Å²) in [7, 11) is 0. The van der Waals surface area contributed by atoms with E-state index in [1.165, 1.54) is 6.07 Å². The molecule has 0 saturated heterocycles. The molecule has 1 N–H and O–H groups in total. The van der Waals surface area contributed by atoms with Crippen LogP contribution in [0.15, 0.2) is 42.5 Å². The molecular formula is C17H13Cl3NO3-. The van der Waals surface area contributed by atoms with Crippen LogP contribution in [-0.4, -0.2) is 11.9 Å². The second-order valence-corrected chi connectivity index (χ2v) is 6.47. The first-order chi connectivity index (χ1) is 11.3. The number of benzene rings is 2. The Morgan fingerprint density at radius 2 is 1.67 bits per heavy atom. The fourth-order valence-corrected chi connectivity index (χ4v) is 2.61. The van der Waals surface area contributed by atoms with E-state index in [2.05, 4.69) is 5.32 Å². The Morgan fingerprint density at radius 1 is 1.00 bits per heavy atom. The summed E-state index contributed by atoms with van der Waals surface area (Å²) in [5.41, 5.74) is 1.24. The highest BCUT2D eigenvalue weighted by Crippen LogP contribution is 2.26. The number of carbonyl (C=O) groups excluding carboxylic acids is 2. The highest BCUT2D eigenvalue weighted by molar-refractivity contribution is 6.42. The maximum atomic E-state index is 12.4. The lowest BCUT2D eigenvalue weighted by Gasteiger charge is -2.18. The summed E-state index contributed by atoms with van der Waals surface area (Å²) in [4.78, 5) is 23.4. The first-order valence-corrected chi connectivity index (χ1v) is 8.18. The normalized spacial score (nSPS) is 11.8. The van der Waals surface area contributed by atoms with Gasteiger partial charge in [-0.1, -0.05) is 46.9 Å². The van der Waals surface area contributed by atoms with Gasteiger partial charge in [-0.3, -0.25) is 4.79 Å². The van der Waals surface area contributed by atoms with Gasteiger partial charge in [0.1, 0.15) is 0 Å². The van der Waals surface area contributed by atoms with Crippen LogP contribution in [0.5, 0.6) is 0 Å². The number of aliphatic carboxylic acids is 1. The first-order valence-electron chi connectivity index (χ1n) is 7.05. The molecule has 0 fully saturated rings. The molecule has 126 valence electrons. The quantitative estimate of drug-likeness (QED) is 0.826. The summed E-state index contributed by atoms with van der Waals surface area (Å²) in [5.74, 6) is -2.52. The predicted octanol–water partition coefficient (Wildman–Crippen LogP) is 3.58. The van der Waals surface area contributed by atoms with Crippen LogP contribution in [-0.2, 0) is 16.0 Å². The summed E-state index contributed by atoms with van der Waals surface area (Å²) < 4.78 is 0. The van der Waals surface area contributed by atoms with Crippen LogP contribution in [0.4, 0.5) is 5.69 Å². The van der Waals surface area contributed by atoms with E-state index >= 15 is 0 Å². The zero-order chi connectivity index (χ0) is 17.7. The minimum atomic E-state index is -1.29. The molecule has 2 rings (SSSR count). The predicted molar refractivity (Wildman–Crippen MR) is 93.4 cm³/mol. The molecule has 2 aromatic carbocycles. The molecule has 1 amide bonds. The van der Waals surface area contributed by atoms with Gasteiger partial charge < -0.3 is 15.2 Å². The third-order valence-electron chi connectivity index (χ3n) is 3.37. The third-order valence-corrected chi connectivity index (χ3v) is 4.36. The number of carbonyl (C=O) groups is 2. The Bertz CT molecular complexity index is 747. The minimum Gasteiger partial charge on any atom is -0.550 e. The van der Waals surface area contributed by atoms with Crippen LogP contribution < -0.4 is 10.4 Å². The average molecular weight is 386 g/mol. The number of carboxylic acid groups (broad SMARTS) is 1. The summed E-state index contributed by atoms with van der Waals surface area (Å²) in [5, 5.41) is 14.8. The van der Waals surface area contributed by atoms with E-state index in [1.54, 1.807) is 36.4 Å². The molecule has 0 spiro atoms. The maximum Gasteiger partial charge on any atom is 0.228 e. The zero-order valence-electron chi connectivity index (χ0n) is 12.4. The molecule has 7 heteroatoms. The van der Waals surface area contributed by atoms with Crippen molar-refractivity contribution in [3.8, 4) is 0 Å². The second-order valence-electron chi connectivity index (χ2n) is 5.22. The number of rotatable bonds is 6. The van der Waals surface area contributed by atoms with Crippen molar-refractivity contribution >= 4 is 52.4 Å². The summed E-state index contributed by atoms with van der Waals surface area (Å²) in [6.45, 7) is 0. The molecule has 0 aliphatic carbocycles. The van der Waals surface area contributed by atoms with Crippen LogP contribution in [0.1, 0.15) is 12.0 Å². The fourth-order valence-electron chi connectivity index (χ4n) is 2.18. The van der Waals surface area contributed by atoms with Crippen LogP contribution in [0.25, 0.3) is 0 Å². The van der Waals surface area contributed by atoms with Crippen molar-refractivity contribution in [2.45, 2.75) is 12.8 Å². The minimum absolute atomic E-state index is 0.248. The van der Waals surface area contributed by atoms with Crippen LogP contribution in [0.2, 0.25) is 15.1 Å². The van der Waals surface area contributed by atoms with Gasteiger partial charge in [0.15, 0.2) is 0 Å². The largest absolute Gasteiger partial charge is 0.550 e. The number of hydrogen-bond donors (Lipinski definition) is 1. The van der Waals surface area contributed by atoms with Crippen molar-refractivity contribution < 1.29 is 14.7 Å². The van der Waals surface area contributed by atoms with Gasteiger partial charge in [-0.05, 0) is 48.7 Å². The lowest BCUT2D eigenvalue weighted by molar-refractivity contribution is -0.306. The molecule has 0 aromatic heterocycles. The van der Waals surface area contributed by atoms with Crippen molar-refractivity contribution in [2.75, 3.05) is 5.32 Å². The van der Waals surface area contributed by atoms with Gasteiger partial charge in [0.2, 0.25) is 5.91 Å². The van der Waals surface area contributed by atoms with E-state index in [0.29, 0.717) is 20.8 Å². The Labute approximate surface area is 154 Å². The monoisotopic (exact) mass is 384 g/mol. The lowest BCUT2D eigenvalue weighted by atomic mass is 9.95. The lowest BCUT2D eigenvalue weighted by Crippen LogP contribution is -2.32. The summed E-state index contributed by atoms with van der Waals surface area (Å²) in [6, 6.07) is 11.5. The molecule has 0 saturated carbocycles. The van der Waals surface area contributed by atoms with Crippen molar-refractivity contribution in [3.63, 3.8) is 0 Å². The van der Waals surface area contributed by atoms with E-state index in [9.17, 15) is 14.7 Å².